The van der Waals surface area contributed by atoms with Gasteiger partial charge in [0.15, 0.2) is 0 Å². The van der Waals surface area contributed by atoms with Crippen molar-refractivity contribution < 1.29 is 0 Å². The Bertz CT molecular complexity index is 71.1. The summed E-state index contributed by atoms with van der Waals surface area (Å²) in [6.07, 6.45) is 3.92. The van der Waals surface area contributed by atoms with Crippen LogP contribution in [0.5, 0.6) is 0 Å². The molecule has 1 unspecified atom stereocenters. The second-order valence-corrected chi connectivity index (χ2v) is 3.17. The van der Waals surface area contributed by atoms with Gasteiger partial charge in [0, 0.05) is 0 Å². The molecule has 0 aliphatic rings. The molecule has 0 aliphatic carbocycles. The fourth-order valence-electron chi connectivity index (χ4n) is 1.45. The van der Waals surface area contributed by atoms with E-state index in [2.05, 4.69) is 20.8 Å². The highest BCUT2D eigenvalue weighted by atomic mass is 14.5. The number of hydrogen-bond donors (Lipinski definition) is 1. The Morgan fingerprint density at radius 2 is 1.90 bits per heavy atom. The largest absolute Gasteiger partial charge is 0.330 e. The summed E-state index contributed by atoms with van der Waals surface area (Å²) in [5, 5.41) is 0. The first-order chi connectivity index (χ1) is 4.76. The van der Waals surface area contributed by atoms with E-state index in [1.807, 2.05) is 0 Å². The van der Waals surface area contributed by atoms with Gasteiger partial charge in [0.2, 0.25) is 0 Å². The van der Waals surface area contributed by atoms with Crippen LogP contribution in [-0.2, 0) is 0 Å². The molecule has 2 N–H and O–H groups in total. The zero-order valence-electron chi connectivity index (χ0n) is 7.56. The summed E-state index contributed by atoms with van der Waals surface area (Å²) in [7, 11) is 0. The van der Waals surface area contributed by atoms with Gasteiger partial charge >= 0.3 is 0 Å². The van der Waals surface area contributed by atoms with Crippen molar-refractivity contribution in [2.45, 2.75) is 40.0 Å². The van der Waals surface area contributed by atoms with Crippen molar-refractivity contribution in [2.24, 2.45) is 17.6 Å². The maximum absolute atomic E-state index is 5.58. The van der Waals surface area contributed by atoms with E-state index in [1.165, 1.54) is 19.3 Å². The Morgan fingerprint density at radius 1 is 1.30 bits per heavy atom. The maximum atomic E-state index is 5.58. The molecule has 1 nitrogen and oxygen atoms in total. The molecule has 10 heavy (non-hydrogen) atoms. The zero-order valence-corrected chi connectivity index (χ0v) is 7.56. The van der Waals surface area contributed by atoms with Crippen LogP contribution in [0.15, 0.2) is 0 Å². The van der Waals surface area contributed by atoms with Gasteiger partial charge in [-0.3, -0.25) is 0 Å². The molecule has 0 aliphatic heterocycles. The van der Waals surface area contributed by atoms with Crippen LogP contribution in [0.2, 0.25) is 0 Å². The van der Waals surface area contributed by atoms with E-state index < -0.39 is 0 Å². The molecule has 0 bridgehead atoms. The smallest absolute Gasteiger partial charge is 0.00489 e. The third kappa shape index (κ3) is 3.21. The summed E-state index contributed by atoms with van der Waals surface area (Å²) >= 11 is 0. The molecule has 0 fully saturated rings. The van der Waals surface area contributed by atoms with Crippen molar-refractivity contribution >= 4 is 0 Å². The average molecular weight is 143 g/mol. The molecule has 0 heterocycles. The van der Waals surface area contributed by atoms with Crippen LogP contribution in [0.4, 0.5) is 0 Å². The van der Waals surface area contributed by atoms with Gasteiger partial charge in [-0.15, -0.1) is 0 Å². The summed E-state index contributed by atoms with van der Waals surface area (Å²) in [5.74, 6) is 1.57. The molecule has 62 valence electrons. The highest BCUT2D eigenvalue weighted by molar-refractivity contribution is 4.64. The van der Waals surface area contributed by atoms with E-state index in [0.29, 0.717) is 5.92 Å². The Kier molecular flexibility index (Phi) is 5.70. The first-order valence-electron chi connectivity index (χ1n) is 4.46. The van der Waals surface area contributed by atoms with Gasteiger partial charge in [0.05, 0.1) is 0 Å². The SMILES string of the molecule is CCCC(CC)[C@H](C)CN. The van der Waals surface area contributed by atoms with E-state index in [-0.39, 0.29) is 0 Å². The molecule has 0 saturated heterocycles. The van der Waals surface area contributed by atoms with Crippen molar-refractivity contribution in [2.75, 3.05) is 6.54 Å². The molecule has 0 spiro atoms. The lowest BCUT2D eigenvalue weighted by Crippen LogP contribution is -2.19. The monoisotopic (exact) mass is 143 g/mol. The van der Waals surface area contributed by atoms with Gasteiger partial charge in [-0.25, -0.2) is 0 Å². The summed E-state index contributed by atoms with van der Waals surface area (Å²) in [4.78, 5) is 0. The van der Waals surface area contributed by atoms with Gasteiger partial charge in [-0.05, 0) is 18.4 Å². The van der Waals surface area contributed by atoms with Gasteiger partial charge in [-0.1, -0.05) is 40.0 Å². The third-order valence-electron chi connectivity index (χ3n) is 2.36. The lowest BCUT2D eigenvalue weighted by molar-refractivity contribution is 0.330. The molecule has 2 atom stereocenters. The van der Waals surface area contributed by atoms with Crippen molar-refractivity contribution in [3.63, 3.8) is 0 Å². The van der Waals surface area contributed by atoms with E-state index >= 15 is 0 Å². The Balaban J connectivity index is 3.56. The topological polar surface area (TPSA) is 26.0 Å². The molecule has 0 aromatic heterocycles. The molecular formula is C9H21N. The molecule has 0 aromatic carbocycles. The van der Waals surface area contributed by atoms with E-state index in [0.717, 1.165) is 12.5 Å². The van der Waals surface area contributed by atoms with Crippen LogP contribution in [0.3, 0.4) is 0 Å². The summed E-state index contributed by atoms with van der Waals surface area (Å²) in [5.41, 5.74) is 5.58. The highest BCUT2D eigenvalue weighted by Crippen LogP contribution is 2.19. The molecule has 0 radical (unpaired) electrons. The van der Waals surface area contributed by atoms with E-state index in [9.17, 15) is 0 Å². The predicted octanol–water partition coefficient (Wildman–Crippen LogP) is 2.41. The lowest BCUT2D eigenvalue weighted by atomic mass is 9.88. The first kappa shape index (κ1) is 9.96. The Labute approximate surface area is 65.0 Å². The van der Waals surface area contributed by atoms with Gasteiger partial charge in [0.25, 0.3) is 0 Å². The van der Waals surface area contributed by atoms with Gasteiger partial charge in [-0.2, -0.15) is 0 Å². The van der Waals surface area contributed by atoms with Gasteiger partial charge in [0.1, 0.15) is 0 Å². The van der Waals surface area contributed by atoms with Crippen LogP contribution in [0, 0.1) is 11.8 Å². The third-order valence-corrected chi connectivity index (χ3v) is 2.36. The molecule has 1 heteroatoms. The van der Waals surface area contributed by atoms with Crippen LogP contribution in [0.25, 0.3) is 0 Å². The second kappa shape index (κ2) is 5.72. The first-order valence-corrected chi connectivity index (χ1v) is 4.46. The van der Waals surface area contributed by atoms with Crippen LogP contribution >= 0.6 is 0 Å². The summed E-state index contributed by atoms with van der Waals surface area (Å²) in [6, 6.07) is 0. The van der Waals surface area contributed by atoms with Crippen molar-refractivity contribution in [3.8, 4) is 0 Å². The van der Waals surface area contributed by atoms with Gasteiger partial charge < -0.3 is 5.73 Å². The normalized spacial score (nSPS) is 16.8. The minimum atomic E-state index is 0.713. The summed E-state index contributed by atoms with van der Waals surface area (Å²) < 4.78 is 0. The van der Waals surface area contributed by atoms with E-state index in [4.69, 9.17) is 5.73 Å². The number of rotatable bonds is 5. The predicted molar refractivity (Wildman–Crippen MR) is 46.9 cm³/mol. The van der Waals surface area contributed by atoms with Crippen molar-refractivity contribution in [3.05, 3.63) is 0 Å². The van der Waals surface area contributed by atoms with Crippen LogP contribution in [-0.4, -0.2) is 6.54 Å². The number of nitrogens with two attached hydrogens (primary N) is 1. The highest BCUT2D eigenvalue weighted by Gasteiger charge is 2.11. The summed E-state index contributed by atoms with van der Waals surface area (Å²) in [6.45, 7) is 7.60. The fourth-order valence-corrected chi connectivity index (χ4v) is 1.45. The lowest BCUT2D eigenvalue weighted by Gasteiger charge is -2.19. The average Bonchev–Trinajstić information content (AvgIpc) is 1.99. The van der Waals surface area contributed by atoms with Crippen molar-refractivity contribution in [1.82, 2.24) is 0 Å². The molecule has 0 aromatic rings. The van der Waals surface area contributed by atoms with E-state index in [1.54, 1.807) is 0 Å². The maximum Gasteiger partial charge on any atom is -0.00489 e. The van der Waals surface area contributed by atoms with Crippen LogP contribution in [0.1, 0.15) is 40.0 Å². The molecular weight excluding hydrogens is 122 g/mol. The second-order valence-electron chi connectivity index (χ2n) is 3.17. The standard InChI is InChI=1S/C9H21N/c1-4-6-9(5-2)8(3)7-10/h8-9H,4-7,10H2,1-3H3/t8-,9?/m1/s1. The quantitative estimate of drug-likeness (QED) is 0.628. The zero-order chi connectivity index (χ0) is 7.98. The molecule has 0 rings (SSSR count). The fraction of sp³-hybridized carbons (Fsp3) is 1.00. The minimum Gasteiger partial charge on any atom is -0.330 e. The molecule has 0 saturated carbocycles. The number of hydrogen-bond acceptors (Lipinski definition) is 1. The van der Waals surface area contributed by atoms with Crippen molar-refractivity contribution in [1.29, 1.82) is 0 Å². The Morgan fingerprint density at radius 3 is 2.20 bits per heavy atom. The van der Waals surface area contributed by atoms with Crippen LogP contribution < -0.4 is 5.73 Å². The minimum absolute atomic E-state index is 0.713. The Hall–Kier alpha value is -0.0400. The molecule has 0 amide bonds.